The molecule has 3 heteroatoms. The van der Waals surface area contributed by atoms with Crippen molar-refractivity contribution in [2.75, 3.05) is 13.6 Å². The Morgan fingerprint density at radius 1 is 1.35 bits per heavy atom. The predicted octanol–water partition coefficient (Wildman–Crippen LogP) is 3.42. The number of rotatable bonds is 3. The molecule has 1 aliphatic rings. The van der Waals surface area contributed by atoms with Gasteiger partial charge in [0.05, 0.1) is 0 Å². The molecule has 0 bridgehead atoms. The summed E-state index contributed by atoms with van der Waals surface area (Å²) in [5.41, 5.74) is 0.532. The van der Waals surface area contributed by atoms with Gasteiger partial charge in [-0.15, -0.1) is 0 Å². The average molecular weight is 256 g/mol. The molecule has 0 aliphatic heterocycles. The van der Waals surface area contributed by atoms with Crippen LogP contribution in [0.3, 0.4) is 0 Å². The van der Waals surface area contributed by atoms with Gasteiger partial charge in [0.15, 0.2) is 5.11 Å². The van der Waals surface area contributed by atoms with Gasteiger partial charge in [-0.1, -0.05) is 27.7 Å². The van der Waals surface area contributed by atoms with Crippen molar-refractivity contribution in [1.29, 1.82) is 0 Å². The molecular weight excluding hydrogens is 228 g/mol. The first-order chi connectivity index (χ1) is 7.82. The predicted molar refractivity (Wildman–Crippen MR) is 79.2 cm³/mol. The topological polar surface area (TPSA) is 15.3 Å². The average Bonchev–Trinajstić information content (AvgIpc) is 2.25. The fraction of sp³-hybridized carbons (Fsp3) is 0.929. The fourth-order valence-corrected chi connectivity index (χ4v) is 2.59. The zero-order valence-electron chi connectivity index (χ0n) is 12.0. The van der Waals surface area contributed by atoms with Crippen molar-refractivity contribution in [2.45, 2.75) is 59.4 Å². The van der Waals surface area contributed by atoms with Crippen LogP contribution < -0.4 is 5.32 Å². The highest BCUT2D eigenvalue weighted by Gasteiger charge is 2.29. The smallest absolute Gasteiger partial charge is 0.168 e. The van der Waals surface area contributed by atoms with Crippen LogP contribution in [0.15, 0.2) is 0 Å². The Morgan fingerprint density at radius 3 is 2.35 bits per heavy atom. The number of nitrogens with zero attached hydrogens (tertiary/aromatic N) is 1. The van der Waals surface area contributed by atoms with Crippen LogP contribution in [0.2, 0.25) is 0 Å². The van der Waals surface area contributed by atoms with Crippen LogP contribution in [0.25, 0.3) is 0 Å². The fourth-order valence-electron chi connectivity index (χ4n) is 2.35. The lowest BCUT2D eigenvalue weighted by Gasteiger charge is -2.39. The van der Waals surface area contributed by atoms with Crippen molar-refractivity contribution >= 4 is 17.3 Å². The lowest BCUT2D eigenvalue weighted by atomic mass is 9.75. The van der Waals surface area contributed by atoms with E-state index in [1.807, 2.05) is 0 Å². The molecular formula is C14H28N2S. The van der Waals surface area contributed by atoms with Crippen molar-refractivity contribution in [1.82, 2.24) is 10.2 Å². The zero-order valence-corrected chi connectivity index (χ0v) is 12.9. The molecule has 0 atom stereocenters. The highest BCUT2D eigenvalue weighted by atomic mass is 32.1. The summed E-state index contributed by atoms with van der Waals surface area (Å²) in [4.78, 5) is 2.27. The van der Waals surface area contributed by atoms with Gasteiger partial charge in [0.2, 0.25) is 0 Å². The van der Waals surface area contributed by atoms with Crippen LogP contribution in [0.1, 0.15) is 53.4 Å². The van der Waals surface area contributed by atoms with Crippen LogP contribution in [0.5, 0.6) is 0 Å². The second kappa shape index (κ2) is 6.03. The number of nitrogens with one attached hydrogen (secondary N) is 1. The molecule has 0 saturated heterocycles. The third kappa shape index (κ3) is 4.82. The van der Waals surface area contributed by atoms with Crippen LogP contribution in [-0.4, -0.2) is 29.6 Å². The molecule has 0 aromatic heterocycles. The minimum atomic E-state index is 0.532. The van der Waals surface area contributed by atoms with E-state index in [0.29, 0.717) is 17.4 Å². The molecule has 1 fully saturated rings. The standard InChI is InChI=1S/C14H28N2S/c1-11(2)10-15-13(17)16(5)12-6-8-14(3,4)9-7-12/h11-12H,6-10H2,1-5H3,(H,15,17). The van der Waals surface area contributed by atoms with E-state index in [2.05, 4.69) is 45.0 Å². The summed E-state index contributed by atoms with van der Waals surface area (Å²) in [6, 6.07) is 0.634. The molecule has 100 valence electrons. The summed E-state index contributed by atoms with van der Waals surface area (Å²) >= 11 is 5.45. The molecule has 1 saturated carbocycles. The van der Waals surface area contributed by atoms with Gasteiger partial charge in [-0.3, -0.25) is 0 Å². The first-order valence-corrected chi connectivity index (χ1v) is 7.23. The van der Waals surface area contributed by atoms with E-state index < -0.39 is 0 Å². The highest BCUT2D eigenvalue weighted by molar-refractivity contribution is 7.80. The molecule has 0 spiro atoms. The largest absolute Gasteiger partial charge is 0.362 e. The second-order valence-electron chi connectivity index (χ2n) is 6.59. The maximum Gasteiger partial charge on any atom is 0.168 e. The van der Waals surface area contributed by atoms with Crippen molar-refractivity contribution in [2.24, 2.45) is 11.3 Å². The van der Waals surface area contributed by atoms with Crippen molar-refractivity contribution < 1.29 is 0 Å². The molecule has 1 rings (SSSR count). The van der Waals surface area contributed by atoms with E-state index >= 15 is 0 Å². The van der Waals surface area contributed by atoms with Gasteiger partial charge in [-0.05, 0) is 49.2 Å². The Hall–Kier alpha value is -0.310. The molecule has 0 aromatic rings. The maximum atomic E-state index is 5.45. The summed E-state index contributed by atoms with van der Waals surface area (Å²) in [6.45, 7) is 10.1. The second-order valence-corrected chi connectivity index (χ2v) is 6.97. The van der Waals surface area contributed by atoms with E-state index in [4.69, 9.17) is 12.2 Å². The lowest BCUT2D eigenvalue weighted by Crippen LogP contribution is -2.46. The van der Waals surface area contributed by atoms with E-state index in [-0.39, 0.29) is 0 Å². The number of hydrogen-bond donors (Lipinski definition) is 1. The molecule has 0 heterocycles. The minimum Gasteiger partial charge on any atom is -0.362 e. The number of hydrogen-bond acceptors (Lipinski definition) is 1. The van der Waals surface area contributed by atoms with Crippen molar-refractivity contribution in [3.8, 4) is 0 Å². The summed E-state index contributed by atoms with van der Waals surface area (Å²) in [7, 11) is 2.14. The third-order valence-electron chi connectivity index (χ3n) is 3.84. The van der Waals surface area contributed by atoms with Gasteiger partial charge in [0, 0.05) is 19.6 Å². The zero-order chi connectivity index (χ0) is 13.1. The van der Waals surface area contributed by atoms with Crippen LogP contribution >= 0.6 is 12.2 Å². The molecule has 17 heavy (non-hydrogen) atoms. The van der Waals surface area contributed by atoms with E-state index in [1.165, 1.54) is 25.7 Å². The monoisotopic (exact) mass is 256 g/mol. The molecule has 0 aromatic carbocycles. The third-order valence-corrected chi connectivity index (χ3v) is 4.27. The van der Waals surface area contributed by atoms with Gasteiger partial charge in [-0.2, -0.15) is 0 Å². The van der Waals surface area contributed by atoms with Gasteiger partial charge in [-0.25, -0.2) is 0 Å². The molecule has 0 radical (unpaired) electrons. The van der Waals surface area contributed by atoms with Gasteiger partial charge in [0.25, 0.3) is 0 Å². The van der Waals surface area contributed by atoms with Gasteiger partial charge < -0.3 is 10.2 Å². The van der Waals surface area contributed by atoms with E-state index in [0.717, 1.165) is 11.7 Å². The van der Waals surface area contributed by atoms with Crippen molar-refractivity contribution in [3.63, 3.8) is 0 Å². The summed E-state index contributed by atoms with van der Waals surface area (Å²) in [6.07, 6.45) is 5.17. The summed E-state index contributed by atoms with van der Waals surface area (Å²) in [5.74, 6) is 0.645. The van der Waals surface area contributed by atoms with Crippen LogP contribution in [0, 0.1) is 11.3 Å². The van der Waals surface area contributed by atoms with Crippen LogP contribution in [-0.2, 0) is 0 Å². The van der Waals surface area contributed by atoms with E-state index in [9.17, 15) is 0 Å². The Morgan fingerprint density at radius 2 is 1.88 bits per heavy atom. The molecule has 0 amide bonds. The Bertz CT molecular complexity index is 251. The molecule has 1 aliphatic carbocycles. The van der Waals surface area contributed by atoms with Gasteiger partial charge in [0.1, 0.15) is 0 Å². The Balaban J connectivity index is 2.37. The summed E-state index contributed by atoms with van der Waals surface area (Å²) in [5, 5.41) is 4.28. The highest BCUT2D eigenvalue weighted by Crippen LogP contribution is 2.36. The summed E-state index contributed by atoms with van der Waals surface area (Å²) < 4.78 is 0. The SMILES string of the molecule is CC(C)CNC(=S)N(C)C1CCC(C)(C)CC1. The first-order valence-electron chi connectivity index (χ1n) is 6.82. The normalized spacial score (nSPS) is 20.4. The quantitative estimate of drug-likeness (QED) is 0.779. The van der Waals surface area contributed by atoms with Crippen molar-refractivity contribution in [3.05, 3.63) is 0 Å². The number of thiocarbonyl (C=S) groups is 1. The molecule has 0 unspecified atom stereocenters. The Kier molecular flexibility index (Phi) is 5.23. The molecule has 1 N–H and O–H groups in total. The van der Waals surface area contributed by atoms with Gasteiger partial charge >= 0.3 is 0 Å². The maximum absolute atomic E-state index is 5.45. The molecule has 2 nitrogen and oxygen atoms in total. The lowest BCUT2D eigenvalue weighted by molar-refractivity contribution is 0.168. The first kappa shape index (κ1) is 14.7. The van der Waals surface area contributed by atoms with Crippen LogP contribution in [0.4, 0.5) is 0 Å². The Labute approximate surface area is 112 Å². The van der Waals surface area contributed by atoms with E-state index in [1.54, 1.807) is 0 Å². The minimum absolute atomic E-state index is 0.532.